The molecule has 0 amide bonds. The van der Waals surface area contributed by atoms with E-state index < -0.39 is 11.6 Å². The summed E-state index contributed by atoms with van der Waals surface area (Å²) in [5.41, 5.74) is 1.00. The molecular formula is C7H5AsF2N2. The van der Waals surface area contributed by atoms with Crippen LogP contribution in [0.2, 0.25) is 0 Å². The number of hydrogen-bond donors (Lipinski definition) is 1. The molecule has 2 aromatic rings. The van der Waals surface area contributed by atoms with E-state index in [1.807, 2.05) is 0 Å². The number of aromatic amines is 1. The van der Waals surface area contributed by atoms with E-state index in [2.05, 4.69) is 9.97 Å². The first-order valence-electron chi connectivity index (χ1n) is 3.27. The molecular weight excluding hydrogens is 225 g/mol. The van der Waals surface area contributed by atoms with E-state index in [0.29, 0.717) is 15.6 Å². The van der Waals surface area contributed by atoms with Gasteiger partial charge in [0, 0.05) is 0 Å². The molecule has 0 aliphatic rings. The topological polar surface area (TPSA) is 28.7 Å². The molecule has 0 aliphatic heterocycles. The van der Waals surface area contributed by atoms with Crippen molar-refractivity contribution in [2.24, 2.45) is 0 Å². The summed E-state index contributed by atoms with van der Waals surface area (Å²) < 4.78 is 26.0. The Kier molecular flexibility index (Phi) is 1.65. The number of nitrogens with zero attached hydrogens (tertiary/aromatic N) is 1. The van der Waals surface area contributed by atoms with Crippen molar-refractivity contribution in [3.8, 4) is 0 Å². The number of benzene rings is 1. The van der Waals surface area contributed by atoms with Crippen molar-refractivity contribution in [1.82, 2.24) is 9.97 Å². The fraction of sp³-hybridized carbons (Fsp3) is 0. The molecule has 0 bridgehead atoms. The fourth-order valence-electron chi connectivity index (χ4n) is 1.02. The number of hydrogen-bond acceptors (Lipinski definition) is 1. The first kappa shape index (κ1) is 7.74. The Morgan fingerprint density at radius 2 is 1.92 bits per heavy atom. The number of halogens is 2. The number of aromatic nitrogens is 2. The predicted molar refractivity (Wildman–Crippen MR) is 44.2 cm³/mol. The van der Waals surface area contributed by atoms with Gasteiger partial charge < -0.3 is 0 Å². The van der Waals surface area contributed by atoms with Crippen LogP contribution in [0.15, 0.2) is 12.1 Å². The number of H-pyrrole nitrogens is 1. The van der Waals surface area contributed by atoms with Crippen LogP contribution in [0.25, 0.3) is 11.0 Å². The van der Waals surface area contributed by atoms with Crippen LogP contribution in [-0.4, -0.2) is 26.8 Å². The van der Waals surface area contributed by atoms with E-state index in [4.69, 9.17) is 0 Å². The summed E-state index contributed by atoms with van der Waals surface area (Å²) in [6, 6.07) is 2.20. The van der Waals surface area contributed by atoms with Crippen LogP contribution in [-0.2, 0) is 0 Å². The van der Waals surface area contributed by atoms with Crippen molar-refractivity contribution in [1.29, 1.82) is 0 Å². The Labute approximate surface area is 75.5 Å². The minimum absolute atomic E-state index is 0.466. The monoisotopic (exact) mass is 230 g/mol. The molecule has 1 N–H and O–H groups in total. The third kappa shape index (κ3) is 1.12. The van der Waals surface area contributed by atoms with Crippen molar-refractivity contribution in [2.75, 3.05) is 0 Å². The molecule has 0 spiro atoms. The predicted octanol–water partition coefficient (Wildman–Crippen LogP) is 0.0995. The maximum absolute atomic E-state index is 12.6. The van der Waals surface area contributed by atoms with Gasteiger partial charge in [0.1, 0.15) is 0 Å². The Morgan fingerprint density at radius 3 is 2.67 bits per heavy atom. The van der Waals surface area contributed by atoms with Gasteiger partial charge in [0.15, 0.2) is 0 Å². The van der Waals surface area contributed by atoms with Crippen molar-refractivity contribution in [2.45, 2.75) is 0 Å². The number of nitrogens with one attached hydrogen (secondary N) is 1. The maximum atomic E-state index is 12.6. The Morgan fingerprint density at radius 1 is 1.25 bits per heavy atom. The molecule has 2 rings (SSSR count). The molecule has 1 heterocycles. The van der Waals surface area contributed by atoms with Crippen molar-refractivity contribution in [3.05, 3.63) is 23.8 Å². The van der Waals surface area contributed by atoms with Gasteiger partial charge >= 0.3 is 75.0 Å². The van der Waals surface area contributed by atoms with E-state index in [1.165, 1.54) is 16.9 Å². The summed E-state index contributed by atoms with van der Waals surface area (Å²) in [7, 11) is 0. The zero-order chi connectivity index (χ0) is 8.72. The SMILES string of the molecule is Fc1cc2nc([AsH2])[nH]c2cc1F. The molecule has 2 nitrogen and oxygen atoms in total. The average molecular weight is 230 g/mol. The molecule has 0 saturated heterocycles. The normalized spacial score (nSPS) is 10.9. The Balaban J connectivity index is 2.83. The standard InChI is InChI=1S/C7H5AsF2N2/c8-7-11-5-1-3(9)4(10)2-6(5)12-7/h1-2H,8H2,(H,11,12). The van der Waals surface area contributed by atoms with E-state index >= 15 is 0 Å². The van der Waals surface area contributed by atoms with Crippen LogP contribution >= 0.6 is 0 Å². The van der Waals surface area contributed by atoms with Crippen molar-refractivity contribution in [3.63, 3.8) is 0 Å². The number of rotatable bonds is 0. The molecule has 1 unspecified atom stereocenters. The molecule has 0 fully saturated rings. The Bertz CT molecular complexity index is 399. The molecule has 1 aromatic heterocycles. The molecule has 0 radical (unpaired) electrons. The van der Waals surface area contributed by atoms with Crippen molar-refractivity contribution >= 4 is 32.5 Å². The summed E-state index contributed by atoms with van der Waals surface area (Å²) in [5.74, 6) is -1.71. The summed E-state index contributed by atoms with van der Waals surface area (Å²) in [6.07, 6.45) is 0. The molecule has 1 aromatic carbocycles. The third-order valence-corrected chi connectivity index (χ3v) is 2.12. The van der Waals surface area contributed by atoms with Gasteiger partial charge in [-0.25, -0.2) is 0 Å². The molecule has 62 valence electrons. The van der Waals surface area contributed by atoms with Gasteiger partial charge in [-0.05, 0) is 0 Å². The van der Waals surface area contributed by atoms with Gasteiger partial charge in [-0.3, -0.25) is 0 Å². The molecule has 12 heavy (non-hydrogen) atoms. The molecule has 5 heteroatoms. The quantitative estimate of drug-likeness (QED) is 0.639. The van der Waals surface area contributed by atoms with Crippen molar-refractivity contribution < 1.29 is 8.78 Å². The van der Waals surface area contributed by atoms with Crippen LogP contribution in [0.5, 0.6) is 0 Å². The van der Waals surface area contributed by atoms with E-state index in [-0.39, 0.29) is 0 Å². The zero-order valence-corrected chi connectivity index (χ0v) is 8.36. The van der Waals surface area contributed by atoms with Crippen LogP contribution in [0, 0.1) is 11.6 Å². The number of fused-ring (bicyclic) bond motifs is 1. The first-order valence-corrected chi connectivity index (χ1v) is 4.48. The molecule has 0 saturated carbocycles. The second-order valence-corrected chi connectivity index (χ2v) is 3.55. The first-order chi connectivity index (χ1) is 5.66. The van der Waals surface area contributed by atoms with Gasteiger partial charge in [-0.1, -0.05) is 0 Å². The summed E-state index contributed by atoms with van der Waals surface area (Å²) in [4.78, 5) is 6.82. The molecule has 0 aliphatic carbocycles. The number of imidazole rings is 1. The van der Waals surface area contributed by atoms with Gasteiger partial charge in [0.05, 0.1) is 0 Å². The zero-order valence-electron chi connectivity index (χ0n) is 5.94. The molecule has 1 atom stereocenters. The summed E-state index contributed by atoms with van der Waals surface area (Å²) in [5, 5.41) is 0. The van der Waals surface area contributed by atoms with Crippen LogP contribution in [0.3, 0.4) is 0 Å². The summed E-state index contributed by atoms with van der Waals surface area (Å²) in [6.45, 7) is 0. The fourth-order valence-corrected chi connectivity index (χ4v) is 1.64. The summed E-state index contributed by atoms with van der Waals surface area (Å²) >= 11 is 1.29. The van der Waals surface area contributed by atoms with Crippen LogP contribution < -0.4 is 4.61 Å². The second kappa shape index (κ2) is 2.56. The second-order valence-electron chi connectivity index (χ2n) is 2.41. The van der Waals surface area contributed by atoms with Crippen LogP contribution in [0.4, 0.5) is 8.78 Å². The Hall–Kier alpha value is -0.892. The third-order valence-electron chi connectivity index (χ3n) is 1.54. The van der Waals surface area contributed by atoms with E-state index in [1.54, 1.807) is 0 Å². The van der Waals surface area contributed by atoms with Crippen LogP contribution in [0.1, 0.15) is 0 Å². The van der Waals surface area contributed by atoms with Gasteiger partial charge in [-0.2, -0.15) is 0 Å². The van der Waals surface area contributed by atoms with E-state index in [9.17, 15) is 8.78 Å². The van der Waals surface area contributed by atoms with Gasteiger partial charge in [-0.15, -0.1) is 0 Å². The minimum atomic E-state index is -0.860. The van der Waals surface area contributed by atoms with E-state index in [0.717, 1.165) is 12.1 Å². The van der Waals surface area contributed by atoms with Gasteiger partial charge in [0.2, 0.25) is 0 Å². The van der Waals surface area contributed by atoms with Gasteiger partial charge in [0.25, 0.3) is 0 Å². The average Bonchev–Trinajstić information content (AvgIpc) is 2.30.